The van der Waals surface area contributed by atoms with Crippen LogP contribution in [0.5, 0.6) is 0 Å². The first-order valence-electron chi connectivity index (χ1n) is 6.70. The number of nitrogens with one attached hydrogen (secondary N) is 1. The van der Waals surface area contributed by atoms with E-state index in [1.54, 1.807) is 0 Å². The highest BCUT2D eigenvalue weighted by Gasteiger charge is 2.02. The van der Waals surface area contributed by atoms with Gasteiger partial charge >= 0.3 is 0 Å². The molecule has 0 bridgehead atoms. The fourth-order valence-corrected chi connectivity index (χ4v) is 3.33. The van der Waals surface area contributed by atoms with Crippen LogP contribution >= 0.6 is 27.3 Å². The van der Waals surface area contributed by atoms with Crippen LogP contribution in [0.3, 0.4) is 0 Å². The molecule has 1 N–H and O–H groups in total. The predicted molar refractivity (Wildman–Crippen MR) is 85.3 cm³/mol. The molecule has 0 unspecified atom stereocenters. The summed E-state index contributed by atoms with van der Waals surface area (Å²) in [4.78, 5) is 3.84. The molecule has 0 saturated heterocycles. The smallest absolute Gasteiger partial charge is 0.0325 e. The Morgan fingerprint density at radius 2 is 2.17 bits per heavy atom. The number of unbranched alkanes of at least 4 members (excludes halogenated alkanes) is 1. The highest BCUT2D eigenvalue weighted by atomic mass is 79.9. The second-order valence-electron chi connectivity index (χ2n) is 5.27. The van der Waals surface area contributed by atoms with E-state index in [0.29, 0.717) is 0 Å². The Bertz CT molecular complexity index is 325. The lowest BCUT2D eigenvalue weighted by Crippen LogP contribution is -2.23. The molecule has 0 radical (unpaired) electrons. The standard InChI is InChI=1S/C14H25BrN2S/c1-12(2)9-16-6-4-5-7-17(3)10-14-8-13(15)11-18-14/h8,11-12,16H,4-7,9-10H2,1-3H3. The van der Waals surface area contributed by atoms with E-state index in [1.807, 2.05) is 11.3 Å². The Kier molecular flexibility index (Phi) is 8.15. The Morgan fingerprint density at radius 1 is 1.39 bits per heavy atom. The summed E-state index contributed by atoms with van der Waals surface area (Å²) in [5, 5.41) is 5.64. The van der Waals surface area contributed by atoms with Crippen LogP contribution in [0.1, 0.15) is 31.6 Å². The first-order chi connectivity index (χ1) is 8.58. The fourth-order valence-electron chi connectivity index (χ4n) is 1.80. The van der Waals surface area contributed by atoms with Gasteiger partial charge in [-0.1, -0.05) is 13.8 Å². The van der Waals surface area contributed by atoms with E-state index in [1.165, 1.54) is 28.7 Å². The van der Waals surface area contributed by atoms with Crippen molar-refractivity contribution in [3.63, 3.8) is 0 Å². The zero-order chi connectivity index (χ0) is 13.4. The van der Waals surface area contributed by atoms with Crippen molar-refractivity contribution in [2.45, 2.75) is 33.2 Å². The first kappa shape index (κ1) is 16.2. The number of thiophene rings is 1. The summed E-state index contributed by atoms with van der Waals surface area (Å²) in [5.41, 5.74) is 0. The summed E-state index contributed by atoms with van der Waals surface area (Å²) in [6.07, 6.45) is 2.54. The number of nitrogens with zero attached hydrogens (tertiary/aromatic N) is 1. The van der Waals surface area contributed by atoms with E-state index >= 15 is 0 Å². The minimum Gasteiger partial charge on any atom is -0.316 e. The molecule has 0 aliphatic rings. The van der Waals surface area contributed by atoms with Crippen LogP contribution in [0, 0.1) is 5.92 Å². The molecule has 0 aliphatic carbocycles. The summed E-state index contributed by atoms with van der Waals surface area (Å²) in [5.74, 6) is 0.755. The Hall–Kier alpha value is 0.1000. The normalized spacial score (nSPS) is 11.7. The van der Waals surface area contributed by atoms with Crippen molar-refractivity contribution in [1.29, 1.82) is 0 Å². The molecule has 18 heavy (non-hydrogen) atoms. The molecule has 104 valence electrons. The van der Waals surface area contributed by atoms with Crippen molar-refractivity contribution in [3.8, 4) is 0 Å². The number of halogens is 1. The molecule has 1 heterocycles. The van der Waals surface area contributed by atoms with Gasteiger partial charge in [0.15, 0.2) is 0 Å². The van der Waals surface area contributed by atoms with Crippen LogP contribution in [0.15, 0.2) is 15.9 Å². The monoisotopic (exact) mass is 332 g/mol. The maximum Gasteiger partial charge on any atom is 0.0325 e. The molecule has 0 saturated carbocycles. The highest BCUT2D eigenvalue weighted by Crippen LogP contribution is 2.20. The molecule has 0 amide bonds. The third-order valence-corrected chi connectivity index (χ3v) is 4.43. The van der Waals surface area contributed by atoms with Gasteiger partial charge in [-0.3, -0.25) is 0 Å². The average Bonchev–Trinajstić information content (AvgIpc) is 2.68. The van der Waals surface area contributed by atoms with E-state index in [0.717, 1.165) is 25.6 Å². The molecule has 0 atom stereocenters. The number of hydrogen-bond donors (Lipinski definition) is 1. The van der Waals surface area contributed by atoms with Crippen LogP contribution in [-0.4, -0.2) is 31.6 Å². The van der Waals surface area contributed by atoms with Gasteiger partial charge in [0, 0.05) is 21.3 Å². The molecule has 2 nitrogen and oxygen atoms in total. The third kappa shape index (κ3) is 7.52. The molecular formula is C14H25BrN2S. The van der Waals surface area contributed by atoms with E-state index < -0.39 is 0 Å². The SMILES string of the molecule is CC(C)CNCCCCN(C)Cc1cc(Br)cs1. The molecule has 0 spiro atoms. The molecule has 1 aromatic heterocycles. The van der Waals surface area contributed by atoms with Gasteiger partial charge in [-0.15, -0.1) is 11.3 Å². The second kappa shape index (κ2) is 9.08. The lowest BCUT2D eigenvalue weighted by Gasteiger charge is -2.15. The van der Waals surface area contributed by atoms with Crippen LogP contribution < -0.4 is 5.32 Å². The number of rotatable bonds is 9. The van der Waals surface area contributed by atoms with Crippen molar-refractivity contribution in [3.05, 3.63) is 20.8 Å². The molecule has 4 heteroatoms. The third-order valence-electron chi connectivity index (χ3n) is 2.74. The number of hydrogen-bond acceptors (Lipinski definition) is 3. The largest absolute Gasteiger partial charge is 0.316 e. The van der Waals surface area contributed by atoms with Crippen molar-refractivity contribution >= 4 is 27.3 Å². The van der Waals surface area contributed by atoms with Gasteiger partial charge in [-0.25, -0.2) is 0 Å². The molecule has 0 aromatic carbocycles. The maximum atomic E-state index is 3.50. The van der Waals surface area contributed by atoms with Gasteiger partial charge in [-0.2, -0.15) is 0 Å². The van der Waals surface area contributed by atoms with Gasteiger partial charge < -0.3 is 10.2 Å². The molecule has 1 aromatic rings. The molecule has 1 rings (SSSR count). The predicted octanol–water partition coefficient (Wildman–Crippen LogP) is 3.97. The highest BCUT2D eigenvalue weighted by molar-refractivity contribution is 9.10. The molecule has 0 fully saturated rings. The Balaban J connectivity index is 2.01. The van der Waals surface area contributed by atoms with E-state index in [4.69, 9.17) is 0 Å². The second-order valence-corrected chi connectivity index (χ2v) is 7.19. The van der Waals surface area contributed by atoms with Crippen LogP contribution in [0.25, 0.3) is 0 Å². The fraction of sp³-hybridized carbons (Fsp3) is 0.714. The van der Waals surface area contributed by atoms with Crippen molar-refractivity contribution in [2.75, 3.05) is 26.7 Å². The summed E-state index contributed by atoms with van der Waals surface area (Å²) >= 11 is 5.33. The minimum absolute atomic E-state index is 0.755. The summed E-state index contributed by atoms with van der Waals surface area (Å²) in [6, 6.07) is 2.21. The minimum atomic E-state index is 0.755. The quantitative estimate of drug-likeness (QED) is 0.688. The summed E-state index contributed by atoms with van der Waals surface area (Å²) in [7, 11) is 2.20. The topological polar surface area (TPSA) is 15.3 Å². The Morgan fingerprint density at radius 3 is 2.78 bits per heavy atom. The van der Waals surface area contributed by atoms with E-state index in [2.05, 4.69) is 58.5 Å². The summed E-state index contributed by atoms with van der Waals surface area (Å²) < 4.78 is 1.20. The molecule has 0 aliphatic heterocycles. The zero-order valence-electron chi connectivity index (χ0n) is 11.7. The van der Waals surface area contributed by atoms with E-state index in [9.17, 15) is 0 Å². The van der Waals surface area contributed by atoms with Gasteiger partial charge in [0.2, 0.25) is 0 Å². The van der Waals surface area contributed by atoms with Crippen molar-refractivity contribution in [1.82, 2.24) is 10.2 Å². The van der Waals surface area contributed by atoms with E-state index in [-0.39, 0.29) is 0 Å². The maximum absolute atomic E-state index is 3.50. The van der Waals surface area contributed by atoms with Gasteiger partial charge in [0.05, 0.1) is 0 Å². The lowest BCUT2D eigenvalue weighted by atomic mass is 10.2. The van der Waals surface area contributed by atoms with Gasteiger partial charge in [0.1, 0.15) is 0 Å². The van der Waals surface area contributed by atoms with Crippen LogP contribution in [0.2, 0.25) is 0 Å². The first-order valence-corrected chi connectivity index (χ1v) is 8.37. The zero-order valence-corrected chi connectivity index (χ0v) is 14.1. The van der Waals surface area contributed by atoms with Crippen molar-refractivity contribution < 1.29 is 0 Å². The van der Waals surface area contributed by atoms with Crippen molar-refractivity contribution in [2.24, 2.45) is 5.92 Å². The average molecular weight is 333 g/mol. The van der Waals surface area contributed by atoms with Gasteiger partial charge in [-0.05, 0) is 67.4 Å². The Labute approximate surface area is 124 Å². The van der Waals surface area contributed by atoms with Gasteiger partial charge in [0.25, 0.3) is 0 Å². The van der Waals surface area contributed by atoms with Crippen LogP contribution in [0.4, 0.5) is 0 Å². The summed E-state index contributed by atoms with van der Waals surface area (Å²) in [6.45, 7) is 9.03. The molecular weight excluding hydrogens is 308 g/mol. The van der Waals surface area contributed by atoms with Crippen LogP contribution in [-0.2, 0) is 6.54 Å². The lowest BCUT2D eigenvalue weighted by molar-refractivity contribution is 0.320.